The summed E-state index contributed by atoms with van der Waals surface area (Å²) in [4.78, 5) is 43.7. The van der Waals surface area contributed by atoms with E-state index in [1.54, 1.807) is 36.4 Å². The van der Waals surface area contributed by atoms with Crippen LogP contribution >= 0.6 is 23.2 Å². The van der Waals surface area contributed by atoms with E-state index in [0.29, 0.717) is 33.0 Å². The lowest BCUT2D eigenvalue weighted by molar-refractivity contribution is -0.143. The Bertz CT molecular complexity index is 1930. The minimum atomic E-state index is -2.45. The van der Waals surface area contributed by atoms with Crippen molar-refractivity contribution in [3.05, 3.63) is 94.9 Å². The molecule has 0 radical (unpaired) electrons. The molecule has 3 heterocycles. The van der Waals surface area contributed by atoms with Gasteiger partial charge in [0.25, 0.3) is 0 Å². The molecule has 0 aliphatic carbocycles. The molecule has 5 aromatic rings. The first-order valence-corrected chi connectivity index (χ1v) is 13.5. The van der Waals surface area contributed by atoms with Crippen LogP contribution < -0.4 is 10.2 Å². The molecule has 1 N–H and O–H groups in total. The molecule has 2 aromatic heterocycles. The molecule has 1 aliphatic rings. The van der Waals surface area contributed by atoms with Crippen LogP contribution in [0.4, 0.5) is 11.4 Å². The predicted molar refractivity (Wildman–Crippen MR) is 159 cm³/mol. The highest BCUT2D eigenvalue weighted by molar-refractivity contribution is 6.31. The van der Waals surface area contributed by atoms with Crippen molar-refractivity contribution in [2.45, 2.75) is 12.5 Å². The van der Waals surface area contributed by atoms with Crippen molar-refractivity contribution in [3.63, 3.8) is 0 Å². The molecular formula is C29H24Cl2N8O3. The number of anilines is 2. The van der Waals surface area contributed by atoms with Gasteiger partial charge in [-0.1, -0.05) is 58.7 Å². The normalized spacial score (nSPS) is 15.8. The minimum absolute atomic E-state index is 0.142. The number of nitrogens with one attached hydrogen (secondary N) is 1. The number of amides is 3. The van der Waals surface area contributed by atoms with E-state index in [4.69, 9.17) is 27.3 Å². The molecular weight excluding hydrogens is 579 g/mol. The number of aryl methyl sites for hydroxylation is 1. The van der Waals surface area contributed by atoms with E-state index in [2.05, 4.69) is 20.7 Å². The van der Waals surface area contributed by atoms with E-state index >= 15 is 0 Å². The van der Waals surface area contributed by atoms with E-state index in [9.17, 15) is 14.4 Å². The van der Waals surface area contributed by atoms with Crippen LogP contribution in [0, 0.1) is 0 Å². The Balaban J connectivity index is 1.28. The zero-order valence-electron chi connectivity index (χ0n) is 24.8. The van der Waals surface area contributed by atoms with E-state index in [0.717, 1.165) is 10.2 Å². The summed E-state index contributed by atoms with van der Waals surface area (Å²) in [6.45, 7) is -3.18. The highest BCUT2D eigenvalue weighted by atomic mass is 35.5. The Morgan fingerprint density at radius 3 is 2.60 bits per heavy atom. The van der Waals surface area contributed by atoms with Crippen LogP contribution in [-0.2, 0) is 27.8 Å². The molecule has 1 saturated heterocycles. The number of carbonyl (C=O) groups excluding carboxylic acids is 3. The fourth-order valence-electron chi connectivity index (χ4n) is 4.92. The second kappa shape index (κ2) is 11.3. The van der Waals surface area contributed by atoms with Crippen molar-refractivity contribution in [3.8, 4) is 5.69 Å². The topological polar surface area (TPSA) is 118 Å². The number of hydrogen-bond acceptors (Lipinski definition) is 6. The van der Waals surface area contributed by atoms with Crippen molar-refractivity contribution >= 4 is 63.2 Å². The number of benzene rings is 3. The standard InChI is InChI=1S/C29H24Cl2N8O3/c1-36-14-19-12-21(8-9-22(19)34-36)32-29(42)25(11-18-5-3-2-4-6-18)38-17-27(40)37(16-28(38)41)24-13-20(30)7-10-23(24)39-15-26(31)33-35-39/h2-10,12-15,25H,11,16-17H2,1H3,(H,32,42)/i1D3. The average molecular weight is 606 g/mol. The second-order valence-corrected chi connectivity index (χ2v) is 10.5. The Hall–Kier alpha value is -4.74. The molecule has 1 aliphatic heterocycles. The first kappa shape index (κ1) is 23.9. The van der Waals surface area contributed by atoms with Crippen molar-refractivity contribution < 1.29 is 18.5 Å². The van der Waals surface area contributed by atoms with Crippen molar-refractivity contribution in [1.82, 2.24) is 29.7 Å². The number of aromatic nitrogens is 5. The number of carbonyl (C=O) groups is 3. The smallest absolute Gasteiger partial charge is 0.247 e. The minimum Gasteiger partial charge on any atom is -0.324 e. The van der Waals surface area contributed by atoms with Crippen molar-refractivity contribution in [1.29, 1.82) is 0 Å². The number of nitrogens with zero attached hydrogens (tertiary/aromatic N) is 7. The Labute approximate surface area is 254 Å². The van der Waals surface area contributed by atoms with E-state index < -0.39 is 30.7 Å². The number of fused-ring (bicyclic) bond motifs is 1. The van der Waals surface area contributed by atoms with Gasteiger partial charge in [0.05, 0.1) is 23.1 Å². The molecule has 1 atom stereocenters. The highest BCUT2D eigenvalue weighted by Crippen LogP contribution is 2.30. The third-order valence-electron chi connectivity index (χ3n) is 6.88. The van der Waals surface area contributed by atoms with Crippen LogP contribution in [0.3, 0.4) is 0 Å². The highest BCUT2D eigenvalue weighted by Gasteiger charge is 2.39. The van der Waals surface area contributed by atoms with Gasteiger partial charge in [0.15, 0.2) is 5.15 Å². The molecule has 42 heavy (non-hydrogen) atoms. The first-order chi connectivity index (χ1) is 21.5. The van der Waals surface area contributed by atoms with Gasteiger partial charge in [-0.25, -0.2) is 4.68 Å². The lowest BCUT2D eigenvalue weighted by Gasteiger charge is -2.38. The summed E-state index contributed by atoms with van der Waals surface area (Å²) < 4.78 is 25.1. The summed E-state index contributed by atoms with van der Waals surface area (Å²) in [5.41, 5.74) is 2.37. The average Bonchev–Trinajstić information content (AvgIpc) is 3.63. The fourth-order valence-corrected chi connectivity index (χ4v) is 5.21. The van der Waals surface area contributed by atoms with Gasteiger partial charge in [0, 0.05) is 39.8 Å². The predicted octanol–water partition coefficient (Wildman–Crippen LogP) is 3.89. The molecule has 3 aromatic carbocycles. The number of rotatable bonds is 7. The van der Waals surface area contributed by atoms with Crippen LogP contribution in [0.2, 0.25) is 10.2 Å². The lowest BCUT2D eigenvalue weighted by Crippen LogP contribution is -2.60. The molecule has 1 unspecified atom stereocenters. The second-order valence-electron chi connectivity index (χ2n) is 9.66. The van der Waals surface area contributed by atoms with Gasteiger partial charge in [-0.3, -0.25) is 24.0 Å². The third kappa shape index (κ3) is 5.56. The Morgan fingerprint density at radius 1 is 1.00 bits per heavy atom. The van der Waals surface area contributed by atoms with Crippen LogP contribution in [-0.4, -0.2) is 66.5 Å². The van der Waals surface area contributed by atoms with Gasteiger partial charge >= 0.3 is 0 Å². The fraction of sp³-hybridized carbons (Fsp3) is 0.172. The molecule has 6 rings (SSSR count). The van der Waals surface area contributed by atoms with Crippen LogP contribution in [0.5, 0.6) is 0 Å². The molecule has 13 heteroatoms. The zero-order valence-corrected chi connectivity index (χ0v) is 23.3. The molecule has 3 amide bonds. The summed E-state index contributed by atoms with van der Waals surface area (Å²) >= 11 is 12.2. The maximum absolute atomic E-state index is 13.8. The van der Waals surface area contributed by atoms with Gasteiger partial charge in [-0.2, -0.15) is 5.10 Å². The Morgan fingerprint density at radius 2 is 1.83 bits per heavy atom. The maximum atomic E-state index is 13.8. The van der Waals surface area contributed by atoms with Crippen LogP contribution in [0.25, 0.3) is 16.6 Å². The van der Waals surface area contributed by atoms with Gasteiger partial charge in [-0.15, -0.1) is 5.10 Å². The Kier molecular flexibility index (Phi) is 6.41. The van der Waals surface area contributed by atoms with Crippen molar-refractivity contribution in [2.24, 2.45) is 6.98 Å². The molecule has 1 fully saturated rings. The maximum Gasteiger partial charge on any atom is 0.247 e. The summed E-state index contributed by atoms with van der Waals surface area (Å²) in [6.07, 6.45) is 2.98. The van der Waals surface area contributed by atoms with Crippen LogP contribution in [0.1, 0.15) is 9.68 Å². The number of hydrogen-bond donors (Lipinski definition) is 1. The summed E-state index contributed by atoms with van der Waals surface area (Å²) in [6, 6.07) is 17.7. The largest absolute Gasteiger partial charge is 0.324 e. The first-order valence-electron chi connectivity index (χ1n) is 14.3. The SMILES string of the molecule is [2H]C([2H])([2H])n1cc2cc(NC(=O)C(Cc3ccccc3)N3CC(=O)N(c4cc(Cl)ccc4-n4cc(Cl)nn4)CC3=O)ccc2n1. The quantitative estimate of drug-likeness (QED) is 0.301. The molecule has 212 valence electrons. The van der Waals surface area contributed by atoms with Gasteiger partial charge in [0.2, 0.25) is 17.7 Å². The van der Waals surface area contributed by atoms with Gasteiger partial charge in [0.1, 0.15) is 19.1 Å². The zero-order chi connectivity index (χ0) is 31.9. The summed E-state index contributed by atoms with van der Waals surface area (Å²) in [7, 11) is 0. The molecule has 0 bridgehead atoms. The van der Waals surface area contributed by atoms with E-state index in [-0.39, 0.29) is 24.7 Å². The summed E-state index contributed by atoms with van der Waals surface area (Å²) in [5.74, 6) is -1.41. The van der Waals surface area contributed by atoms with E-state index in [1.807, 2.05) is 30.3 Å². The third-order valence-corrected chi connectivity index (χ3v) is 7.29. The van der Waals surface area contributed by atoms with E-state index in [1.165, 1.54) is 26.9 Å². The van der Waals surface area contributed by atoms with Crippen molar-refractivity contribution in [2.75, 3.05) is 23.3 Å². The summed E-state index contributed by atoms with van der Waals surface area (Å²) in [5, 5.41) is 15.7. The van der Waals surface area contributed by atoms with Gasteiger partial charge < -0.3 is 10.2 Å². The van der Waals surface area contributed by atoms with Crippen LogP contribution in [0.15, 0.2) is 79.1 Å². The molecule has 11 nitrogen and oxygen atoms in total. The molecule has 0 spiro atoms. The molecule has 0 saturated carbocycles. The monoisotopic (exact) mass is 605 g/mol. The number of halogens is 2. The number of piperazine rings is 1. The van der Waals surface area contributed by atoms with Gasteiger partial charge in [-0.05, 0) is 42.0 Å². The lowest BCUT2D eigenvalue weighted by atomic mass is 10.0.